The summed E-state index contributed by atoms with van der Waals surface area (Å²) in [5.41, 5.74) is -0.353. The molecule has 0 aromatic carbocycles. The lowest BCUT2D eigenvalue weighted by Crippen LogP contribution is -2.67. The third-order valence-corrected chi connectivity index (χ3v) is 4.78. The zero-order valence-corrected chi connectivity index (χ0v) is 11.6. The Balaban J connectivity index is 2.88. The van der Waals surface area contributed by atoms with Gasteiger partial charge in [0.15, 0.2) is 0 Å². The van der Waals surface area contributed by atoms with Gasteiger partial charge in [0.05, 0.1) is 11.1 Å². The van der Waals surface area contributed by atoms with Gasteiger partial charge in [-0.2, -0.15) is 0 Å². The first-order valence-corrected chi connectivity index (χ1v) is 6.85. The van der Waals surface area contributed by atoms with Gasteiger partial charge in [0, 0.05) is 30.6 Å². The molecule has 0 spiro atoms. The highest BCUT2D eigenvalue weighted by Gasteiger charge is 2.42. The van der Waals surface area contributed by atoms with Gasteiger partial charge in [-0.25, -0.2) is 0 Å². The van der Waals surface area contributed by atoms with Crippen LogP contribution in [0, 0.1) is 12.3 Å². The minimum Gasteiger partial charge on any atom is -0.314 e. The van der Waals surface area contributed by atoms with Gasteiger partial charge in [0.1, 0.15) is 0 Å². The normalized spacial score (nSPS) is 38.5. The fraction of sp³-hybridized carbons (Fsp3) is 0.818. The Morgan fingerprint density at radius 1 is 1.20 bits per heavy atom. The van der Waals surface area contributed by atoms with E-state index in [1.165, 1.54) is 0 Å². The molecule has 0 amide bonds. The molecule has 2 atom stereocenters. The summed E-state index contributed by atoms with van der Waals surface area (Å²) in [7, 11) is 0. The Bertz CT molecular complexity index is 251. The van der Waals surface area contributed by atoms with E-state index >= 15 is 0 Å². The van der Waals surface area contributed by atoms with Gasteiger partial charge in [0.2, 0.25) is 0 Å². The topological polar surface area (TPSA) is 36.1 Å². The zero-order chi connectivity index (χ0) is 11.4. The molecular formula is C11H20IN3. The van der Waals surface area contributed by atoms with Crippen LogP contribution in [0.25, 0.3) is 0 Å². The van der Waals surface area contributed by atoms with Crippen LogP contribution in [-0.4, -0.2) is 41.7 Å². The quantitative estimate of drug-likeness (QED) is 0.371. The molecule has 0 aromatic rings. The van der Waals surface area contributed by atoms with Crippen molar-refractivity contribution < 1.29 is 0 Å². The first-order valence-electron chi connectivity index (χ1n) is 5.32. The maximum absolute atomic E-state index is 5.68. The number of nitrogens with one attached hydrogen (secondary N) is 3. The Morgan fingerprint density at radius 3 is 2.33 bits per heavy atom. The lowest BCUT2D eigenvalue weighted by atomic mass is 9.81. The Hall–Kier alpha value is 0.170. The molecule has 0 saturated carbocycles. The van der Waals surface area contributed by atoms with E-state index in [0.29, 0.717) is 0 Å². The second-order valence-corrected chi connectivity index (χ2v) is 5.10. The predicted octanol–water partition coefficient (Wildman–Crippen LogP) is 0.354. The average Bonchev–Trinajstić information content (AvgIpc) is 2.32. The molecule has 1 rings (SSSR count). The largest absolute Gasteiger partial charge is 0.314 e. The molecule has 15 heavy (non-hydrogen) atoms. The summed E-state index contributed by atoms with van der Waals surface area (Å²) in [6.07, 6.45) is 5.68. The molecule has 3 nitrogen and oxygen atoms in total. The van der Waals surface area contributed by atoms with E-state index in [1.54, 1.807) is 0 Å². The van der Waals surface area contributed by atoms with Gasteiger partial charge in [-0.3, -0.25) is 5.32 Å². The summed E-state index contributed by atoms with van der Waals surface area (Å²) in [5.74, 6) is 2.91. The van der Waals surface area contributed by atoms with Crippen molar-refractivity contribution >= 4 is 22.6 Å². The van der Waals surface area contributed by atoms with E-state index in [2.05, 4.69) is 58.3 Å². The van der Waals surface area contributed by atoms with E-state index < -0.39 is 0 Å². The molecular weight excluding hydrogens is 301 g/mol. The zero-order valence-electron chi connectivity index (χ0n) is 9.49. The van der Waals surface area contributed by atoms with Crippen LogP contribution in [0.2, 0.25) is 0 Å². The maximum Gasteiger partial charge on any atom is 0.0958 e. The third-order valence-electron chi connectivity index (χ3n) is 3.26. The number of rotatable bonds is 1. The molecule has 2 unspecified atom stereocenters. The van der Waals surface area contributed by atoms with E-state index in [9.17, 15) is 0 Å². The summed E-state index contributed by atoms with van der Waals surface area (Å²) in [6.45, 7) is 8.12. The van der Waals surface area contributed by atoms with E-state index in [-0.39, 0.29) is 11.1 Å². The summed E-state index contributed by atoms with van der Waals surface area (Å²) in [4.78, 5) is 0. The smallest absolute Gasteiger partial charge is 0.0958 e. The molecule has 0 radical (unpaired) electrons. The summed E-state index contributed by atoms with van der Waals surface area (Å²) >= 11 is 2.40. The Labute approximate surface area is 106 Å². The van der Waals surface area contributed by atoms with Crippen LogP contribution >= 0.6 is 22.6 Å². The van der Waals surface area contributed by atoms with Crippen LogP contribution < -0.4 is 16.0 Å². The first-order chi connectivity index (χ1) is 7.08. The minimum atomic E-state index is -0.291. The van der Waals surface area contributed by atoms with Crippen LogP contribution in [0.3, 0.4) is 0 Å². The molecule has 0 aliphatic carbocycles. The van der Waals surface area contributed by atoms with Crippen molar-refractivity contribution in [3.05, 3.63) is 0 Å². The van der Waals surface area contributed by atoms with Crippen molar-refractivity contribution in [2.45, 2.75) is 24.9 Å². The van der Waals surface area contributed by atoms with Crippen molar-refractivity contribution in [2.24, 2.45) is 0 Å². The summed E-state index contributed by atoms with van der Waals surface area (Å²) in [5, 5.41) is 10.4. The second-order valence-electron chi connectivity index (χ2n) is 4.34. The van der Waals surface area contributed by atoms with Crippen molar-refractivity contribution in [3.63, 3.8) is 0 Å². The summed E-state index contributed by atoms with van der Waals surface area (Å²) < 4.78 is 0.985. The monoisotopic (exact) mass is 321 g/mol. The highest BCUT2D eigenvalue weighted by atomic mass is 127. The van der Waals surface area contributed by atoms with Gasteiger partial charge in [-0.15, -0.1) is 6.42 Å². The van der Waals surface area contributed by atoms with Crippen molar-refractivity contribution in [3.8, 4) is 12.3 Å². The molecule has 0 aromatic heterocycles. The fourth-order valence-electron chi connectivity index (χ4n) is 1.72. The van der Waals surface area contributed by atoms with Gasteiger partial charge in [-0.05, 0) is 13.8 Å². The number of hydrogen-bond acceptors (Lipinski definition) is 3. The Morgan fingerprint density at radius 2 is 1.80 bits per heavy atom. The third kappa shape index (κ3) is 2.84. The maximum atomic E-state index is 5.68. The highest BCUT2D eigenvalue weighted by molar-refractivity contribution is 14.1. The Kier molecular flexibility index (Phi) is 4.84. The van der Waals surface area contributed by atoms with Crippen molar-refractivity contribution in [1.82, 2.24) is 16.0 Å². The van der Waals surface area contributed by atoms with Crippen molar-refractivity contribution in [2.75, 3.05) is 30.6 Å². The lowest BCUT2D eigenvalue weighted by Gasteiger charge is -2.43. The number of hydrogen-bond donors (Lipinski definition) is 3. The number of halogens is 1. The molecule has 86 valence electrons. The van der Waals surface area contributed by atoms with E-state index in [4.69, 9.17) is 6.42 Å². The van der Waals surface area contributed by atoms with Gasteiger partial charge in [-0.1, -0.05) is 28.5 Å². The predicted molar refractivity (Wildman–Crippen MR) is 73.4 cm³/mol. The molecule has 1 saturated heterocycles. The van der Waals surface area contributed by atoms with Crippen LogP contribution in [0.4, 0.5) is 0 Å². The minimum absolute atomic E-state index is 0.0612. The molecule has 1 aliphatic heterocycles. The lowest BCUT2D eigenvalue weighted by molar-refractivity contribution is 0.250. The average molecular weight is 321 g/mol. The van der Waals surface area contributed by atoms with Crippen LogP contribution in [0.5, 0.6) is 0 Å². The molecule has 3 N–H and O–H groups in total. The molecule has 1 aliphatic rings. The summed E-state index contributed by atoms with van der Waals surface area (Å²) in [6, 6.07) is 0. The van der Waals surface area contributed by atoms with Gasteiger partial charge in [0.25, 0.3) is 0 Å². The van der Waals surface area contributed by atoms with Crippen LogP contribution in [0.15, 0.2) is 0 Å². The molecule has 1 fully saturated rings. The van der Waals surface area contributed by atoms with Crippen molar-refractivity contribution in [1.29, 1.82) is 0 Å². The number of alkyl halides is 1. The van der Waals surface area contributed by atoms with Crippen LogP contribution in [0.1, 0.15) is 13.8 Å². The molecule has 4 heteroatoms. The highest BCUT2D eigenvalue weighted by Crippen LogP contribution is 2.24. The van der Waals surface area contributed by atoms with E-state index in [0.717, 1.165) is 30.6 Å². The fourth-order valence-corrected chi connectivity index (χ4v) is 2.75. The van der Waals surface area contributed by atoms with E-state index in [1.807, 2.05) is 0 Å². The molecule has 0 bridgehead atoms. The standard InChI is InChI=1S/C11H20IN3/c1-4-10(2)11(3,9-12)15-8-6-13-5-7-14-10/h1,13-15H,5-9H2,2-3H3. The van der Waals surface area contributed by atoms with Gasteiger partial charge < -0.3 is 10.6 Å². The first kappa shape index (κ1) is 13.2. The number of terminal acetylenes is 1. The SMILES string of the molecule is C#CC1(C)NCCNCCNC1(C)CI. The van der Waals surface area contributed by atoms with Crippen LogP contribution in [-0.2, 0) is 0 Å². The molecule has 1 heterocycles. The second kappa shape index (κ2) is 5.48. The van der Waals surface area contributed by atoms with Gasteiger partial charge >= 0.3 is 0 Å².